The van der Waals surface area contributed by atoms with Gasteiger partial charge in [0.15, 0.2) is 0 Å². The predicted molar refractivity (Wildman–Crippen MR) is 76.9 cm³/mol. The fourth-order valence-corrected chi connectivity index (χ4v) is 2.26. The van der Waals surface area contributed by atoms with Crippen LogP contribution in [-0.4, -0.2) is 26.3 Å². The molecule has 2 heterocycles. The van der Waals surface area contributed by atoms with Crippen LogP contribution in [0.4, 0.5) is 5.13 Å². The molecule has 3 aromatic rings. The minimum Gasteiger partial charge on any atom is -0.295 e. The van der Waals surface area contributed by atoms with E-state index in [-0.39, 0.29) is 5.91 Å². The Kier molecular flexibility index (Phi) is 3.44. The molecule has 0 spiro atoms. The van der Waals surface area contributed by atoms with Crippen LogP contribution in [0, 0.1) is 0 Å². The van der Waals surface area contributed by atoms with Gasteiger partial charge in [-0.15, -0.1) is 10.2 Å². The molecule has 0 saturated carbocycles. The normalized spacial score (nSPS) is 10.4. The van der Waals surface area contributed by atoms with Gasteiger partial charge in [0.2, 0.25) is 5.13 Å². The monoisotopic (exact) mass is 305 g/mol. The van der Waals surface area contributed by atoms with E-state index in [2.05, 4.69) is 25.7 Å². The smallest absolute Gasteiger partial charge is 0.275 e. The number of nitrogens with one attached hydrogen (secondary N) is 2. The van der Waals surface area contributed by atoms with E-state index in [0.717, 1.165) is 5.56 Å². The number of hydrogen-bond acceptors (Lipinski definition) is 5. The lowest BCUT2D eigenvalue weighted by atomic mass is 10.1. The third-order valence-corrected chi connectivity index (χ3v) is 3.37. The molecule has 20 heavy (non-hydrogen) atoms. The predicted octanol–water partition coefficient (Wildman–Crippen LogP) is 2.83. The Labute approximate surface area is 122 Å². The van der Waals surface area contributed by atoms with Crippen LogP contribution in [0.25, 0.3) is 11.3 Å². The van der Waals surface area contributed by atoms with Crippen molar-refractivity contribution in [3.8, 4) is 11.3 Å². The second-order valence-electron chi connectivity index (χ2n) is 3.88. The second kappa shape index (κ2) is 5.40. The number of aromatic nitrogens is 4. The maximum Gasteiger partial charge on any atom is 0.275 e. The topological polar surface area (TPSA) is 83.6 Å². The second-order valence-corrected chi connectivity index (χ2v) is 5.14. The number of benzene rings is 1. The molecule has 0 bridgehead atoms. The molecule has 0 radical (unpaired) electrons. The lowest BCUT2D eigenvalue weighted by Crippen LogP contribution is -2.12. The van der Waals surface area contributed by atoms with Crippen LogP contribution in [0.3, 0.4) is 0 Å². The van der Waals surface area contributed by atoms with Crippen molar-refractivity contribution in [3.05, 3.63) is 46.6 Å². The summed E-state index contributed by atoms with van der Waals surface area (Å²) in [6.07, 6.45) is 0. The number of carbonyl (C=O) groups is 1. The van der Waals surface area contributed by atoms with Gasteiger partial charge in [-0.25, -0.2) is 0 Å². The molecule has 0 unspecified atom stereocenters. The summed E-state index contributed by atoms with van der Waals surface area (Å²) in [5, 5.41) is 17.9. The van der Waals surface area contributed by atoms with Crippen molar-refractivity contribution in [1.82, 2.24) is 20.4 Å². The number of halogens is 1. The van der Waals surface area contributed by atoms with Gasteiger partial charge in [-0.05, 0) is 18.2 Å². The molecular formula is C12H8ClN5OS. The van der Waals surface area contributed by atoms with Gasteiger partial charge >= 0.3 is 0 Å². The van der Waals surface area contributed by atoms with Gasteiger partial charge in [-0.1, -0.05) is 35.1 Å². The van der Waals surface area contributed by atoms with E-state index in [1.54, 1.807) is 23.7 Å². The van der Waals surface area contributed by atoms with Gasteiger partial charge in [0.1, 0.15) is 11.2 Å². The van der Waals surface area contributed by atoms with Gasteiger partial charge in [-0.2, -0.15) is 5.10 Å². The molecule has 0 aliphatic heterocycles. The zero-order chi connectivity index (χ0) is 13.9. The largest absolute Gasteiger partial charge is 0.295 e. The third-order valence-electron chi connectivity index (χ3n) is 2.52. The van der Waals surface area contributed by atoms with Gasteiger partial charge in [-0.3, -0.25) is 15.2 Å². The number of hydrogen-bond donors (Lipinski definition) is 2. The minimum absolute atomic E-state index is 0.317. The molecule has 1 aromatic carbocycles. The van der Waals surface area contributed by atoms with Crippen LogP contribution < -0.4 is 5.32 Å². The van der Waals surface area contributed by atoms with Crippen molar-refractivity contribution in [2.75, 3.05) is 5.32 Å². The first-order valence-corrected chi connectivity index (χ1v) is 6.87. The molecule has 0 atom stereocenters. The van der Waals surface area contributed by atoms with Crippen LogP contribution in [0.5, 0.6) is 0 Å². The first-order valence-electron chi connectivity index (χ1n) is 5.61. The highest BCUT2D eigenvalue weighted by atomic mass is 35.5. The number of rotatable bonds is 3. The third kappa shape index (κ3) is 2.68. The number of aromatic amines is 1. The summed E-state index contributed by atoms with van der Waals surface area (Å²) in [5.41, 5.74) is 3.37. The Morgan fingerprint density at radius 1 is 1.35 bits per heavy atom. The van der Waals surface area contributed by atoms with Crippen LogP contribution in [0.2, 0.25) is 5.02 Å². The summed E-state index contributed by atoms with van der Waals surface area (Å²) in [6, 6.07) is 8.91. The van der Waals surface area contributed by atoms with Gasteiger partial charge in [0.25, 0.3) is 5.91 Å². The molecule has 3 rings (SSSR count). The highest BCUT2D eigenvalue weighted by Crippen LogP contribution is 2.21. The molecule has 0 aliphatic rings. The van der Waals surface area contributed by atoms with Crippen LogP contribution in [0.15, 0.2) is 35.8 Å². The summed E-state index contributed by atoms with van der Waals surface area (Å²) >= 11 is 7.17. The van der Waals surface area contributed by atoms with Gasteiger partial charge in [0, 0.05) is 10.6 Å². The molecule has 0 fully saturated rings. The van der Waals surface area contributed by atoms with Crippen molar-refractivity contribution in [3.63, 3.8) is 0 Å². The van der Waals surface area contributed by atoms with E-state index < -0.39 is 0 Å². The standard InChI is InChI=1S/C12H8ClN5OS/c13-8-3-1-2-7(4-8)9-5-10(17-16-9)11(19)15-12-18-14-6-20-12/h1-6H,(H,16,17)(H,15,18,19). The maximum atomic E-state index is 12.0. The van der Waals surface area contributed by atoms with E-state index in [9.17, 15) is 4.79 Å². The summed E-state index contributed by atoms with van der Waals surface area (Å²) < 4.78 is 0. The number of amides is 1. The van der Waals surface area contributed by atoms with Crippen molar-refractivity contribution >= 4 is 34.0 Å². The average molecular weight is 306 g/mol. The molecule has 1 amide bonds. The molecule has 0 saturated heterocycles. The van der Waals surface area contributed by atoms with Gasteiger partial charge < -0.3 is 0 Å². The SMILES string of the molecule is O=C(Nc1nncs1)c1cc(-c2cccc(Cl)c2)n[nH]1. The lowest BCUT2D eigenvalue weighted by Gasteiger charge is -1.96. The van der Waals surface area contributed by atoms with E-state index in [4.69, 9.17) is 11.6 Å². The fraction of sp³-hybridized carbons (Fsp3) is 0. The summed E-state index contributed by atoms with van der Waals surface area (Å²) in [7, 11) is 0. The van der Waals surface area contributed by atoms with Crippen molar-refractivity contribution in [1.29, 1.82) is 0 Å². The van der Waals surface area contributed by atoms with E-state index in [1.165, 1.54) is 11.3 Å². The Balaban J connectivity index is 1.81. The fourth-order valence-electron chi connectivity index (χ4n) is 1.63. The van der Waals surface area contributed by atoms with Crippen molar-refractivity contribution in [2.45, 2.75) is 0 Å². The zero-order valence-corrected chi connectivity index (χ0v) is 11.6. The highest BCUT2D eigenvalue weighted by molar-refractivity contribution is 7.13. The Morgan fingerprint density at radius 2 is 2.25 bits per heavy atom. The van der Waals surface area contributed by atoms with E-state index in [1.807, 2.05) is 12.1 Å². The summed E-state index contributed by atoms with van der Waals surface area (Å²) in [4.78, 5) is 12.0. The van der Waals surface area contributed by atoms with Crippen LogP contribution >= 0.6 is 22.9 Å². The molecule has 8 heteroatoms. The molecule has 100 valence electrons. The number of H-pyrrole nitrogens is 1. The first kappa shape index (κ1) is 12.8. The van der Waals surface area contributed by atoms with E-state index >= 15 is 0 Å². The lowest BCUT2D eigenvalue weighted by molar-refractivity contribution is 0.102. The Morgan fingerprint density at radius 3 is 3.00 bits per heavy atom. The van der Waals surface area contributed by atoms with Crippen molar-refractivity contribution < 1.29 is 4.79 Å². The summed E-state index contributed by atoms with van der Waals surface area (Å²) in [5.74, 6) is -0.317. The Hall–Kier alpha value is -2.25. The highest BCUT2D eigenvalue weighted by Gasteiger charge is 2.12. The molecule has 6 nitrogen and oxygen atoms in total. The first-order chi connectivity index (χ1) is 9.72. The van der Waals surface area contributed by atoms with Crippen molar-refractivity contribution in [2.24, 2.45) is 0 Å². The Bertz CT molecular complexity index is 740. The number of nitrogens with zero attached hydrogens (tertiary/aromatic N) is 3. The van der Waals surface area contributed by atoms with Crippen LogP contribution in [-0.2, 0) is 0 Å². The summed E-state index contributed by atoms with van der Waals surface area (Å²) in [6.45, 7) is 0. The number of anilines is 1. The molecule has 2 N–H and O–H groups in total. The number of carbonyl (C=O) groups excluding carboxylic acids is 1. The quantitative estimate of drug-likeness (QED) is 0.779. The molecular weight excluding hydrogens is 298 g/mol. The maximum absolute atomic E-state index is 12.0. The average Bonchev–Trinajstić information content (AvgIpc) is 3.09. The van der Waals surface area contributed by atoms with Gasteiger partial charge in [0.05, 0.1) is 5.69 Å². The van der Waals surface area contributed by atoms with Crippen LogP contribution in [0.1, 0.15) is 10.5 Å². The van der Waals surface area contributed by atoms with E-state index in [0.29, 0.717) is 21.5 Å². The minimum atomic E-state index is -0.317. The zero-order valence-electron chi connectivity index (χ0n) is 10.0. The molecule has 2 aromatic heterocycles. The molecule has 0 aliphatic carbocycles.